The number of benzene rings is 2. The third-order valence-electron chi connectivity index (χ3n) is 4.49. The van der Waals surface area contributed by atoms with Gasteiger partial charge < -0.3 is 5.32 Å². The Morgan fingerprint density at radius 2 is 1.59 bits per heavy atom. The van der Waals surface area contributed by atoms with Crippen LogP contribution in [0.25, 0.3) is 0 Å². The molecule has 0 bridgehead atoms. The highest BCUT2D eigenvalue weighted by Crippen LogP contribution is 2.24. The fourth-order valence-corrected chi connectivity index (χ4v) is 4.89. The van der Waals surface area contributed by atoms with Gasteiger partial charge in [-0.05, 0) is 17.7 Å². The minimum absolute atomic E-state index is 0.0683. The minimum Gasteiger partial charge on any atom is -0.351 e. The Hall–Kier alpha value is -1.93. The molecule has 27 heavy (non-hydrogen) atoms. The number of hydrogen-bond acceptors (Lipinski definition) is 4. The Morgan fingerprint density at radius 1 is 0.963 bits per heavy atom. The van der Waals surface area contributed by atoms with E-state index in [0.29, 0.717) is 32.7 Å². The fraction of sp³-hybridized carbons (Fsp3) is 0.316. The third-order valence-corrected chi connectivity index (χ3v) is 6.88. The molecule has 1 aliphatic heterocycles. The van der Waals surface area contributed by atoms with Gasteiger partial charge in [-0.2, -0.15) is 4.31 Å². The highest BCUT2D eigenvalue weighted by Gasteiger charge is 2.30. The molecule has 0 spiro atoms. The monoisotopic (exact) mass is 407 g/mol. The highest BCUT2D eigenvalue weighted by atomic mass is 35.5. The number of nitrogens with zero attached hydrogens (tertiary/aromatic N) is 2. The Balaban J connectivity index is 1.50. The van der Waals surface area contributed by atoms with Crippen LogP contribution in [0.2, 0.25) is 5.02 Å². The van der Waals surface area contributed by atoms with Gasteiger partial charge in [-0.25, -0.2) is 8.42 Å². The maximum Gasteiger partial charge on any atom is 0.244 e. The van der Waals surface area contributed by atoms with Crippen LogP contribution in [0.5, 0.6) is 0 Å². The van der Waals surface area contributed by atoms with Gasteiger partial charge in [0.1, 0.15) is 4.90 Å². The molecule has 8 heteroatoms. The van der Waals surface area contributed by atoms with Crippen LogP contribution in [0.4, 0.5) is 0 Å². The van der Waals surface area contributed by atoms with Gasteiger partial charge in [-0.15, -0.1) is 0 Å². The SMILES string of the molecule is O=C(CN1CCN(S(=O)(=O)c2ccccc2Cl)CC1)NCc1ccccc1. The van der Waals surface area contributed by atoms with E-state index in [2.05, 4.69) is 5.32 Å². The molecule has 0 radical (unpaired) electrons. The molecule has 0 saturated carbocycles. The van der Waals surface area contributed by atoms with Crippen LogP contribution in [-0.4, -0.2) is 56.3 Å². The zero-order valence-corrected chi connectivity index (χ0v) is 16.4. The van der Waals surface area contributed by atoms with Crippen molar-refractivity contribution in [3.05, 3.63) is 65.2 Å². The summed E-state index contributed by atoms with van der Waals surface area (Å²) in [5.74, 6) is -0.0683. The Bertz CT molecular complexity index is 882. The average molecular weight is 408 g/mol. The lowest BCUT2D eigenvalue weighted by atomic mass is 10.2. The van der Waals surface area contributed by atoms with Crippen molar-refractivity contribution < 1.29 is 13.2 Å². The smallest absolute Gasteiger partial charge is 0.244 e. The predicted molar refractivity (Wildman–Crippen MR) is 105 cm³/mol. The van der Waals surface area contributed by atoms with Gasteiger partial charge in [-0.3, -0.25) is 9.69 Å². The molecular weight excluding hydrogens is 386 g/mol. The summed E-state index contributed by atoms with van der Waals surface area (Å²) in [7, 11) is -3.62. The lowest BCUT2D eigenvalue weighted by Crippen LogP contribution is -2.51. The van der Waals surface area contributed by atoms with E-state index in [1.807, 2.05) is 35.2 Å². The third kappa shape index (κ3) is 5.07. The number of halogens is 1. The van der Waals surface area contributed by atoms with Crippen molar-refractivity contribution in [2.75, 3.05) is 32.7 Å². The molecule has 0 aliphatic carbocycles. The molecule has 0 unspecified atom stereocenters. The van der Waals surface area contributed by atoms with Crippen LogP contribution < -0.4 is 5.32 Å². The summed E-state index contributed by atoms with van der Waals surface area (Å²) < 4.78 is 26.9. The van der Waals surface area contributed by atoms with Crippen LogP contribution >= 0.6 is 11.6 Å². The first-order valence-electron chi connectivity index (χ1n) is 8.74. The van der Waals surface area contributed by atoms with Gasteiger partial charge in [0.15, 0.2) is 0 Å². The summed E-state index contributed by atoms with van der Waals surface area (Å²) in [6.45, 7) is 2.41. The van der Waals surface area contributed by atoms with Crippen molar-refractivity contribution in [1.82, 2.24) is 14.5 Å². The van der Waals surface area contributed by atoms with Gasteiger partial charge in [0.05, 0.1) is 11.6 Å². The molecule has 6 nitrogen and oxygen atoms in total. The van der Waals surface area contributed by atoms with Crippen LogP contribution in [0.1, 0.15) is 5.56 Å². The number of carbonyl (C=O) groups is 1. The van der Waals surface area contributed by atoms with Crippen molar-refractivity contribution in [1.29, 1.82) is 0 Å². The zero-order chi connectivity index (χ0) is 19.3. The van der Waals surface area contributed by atoms with Crippen LogP contribution in [0, 0.1) is 0 Å². The molecule has 1 saturated heterocycles. The molecular formula is C19H22ClN3O3S. The molecule has 3 rings (SSSR count). The van der Waals surface area contributed by atoms with Gasteiger partial charge in [0, 0.05) is 32.7 Å². The van der Waals surface area contributed by atoms with Gasteiger partial charge in [0.25, 0.3) is 0 Å². The van der Waals surface area contributed by atoms with Crippen molar-refractivity contribution in [3.63, 3.8) is 0 Å². The zero-order valence-electron chi connectivity index (χ0n) is 14.8. The van der Waals surface area contributed by atoms with E-state index in [4.69, 9.17) is 11.6 Å². The van der Waals surface area contributed by atoms with Crippen LogP contribution in [0.15, 0.2) is 59.5 Å². The number of nitrogens with one attached hydrogen (secondary N) is 1. The average Bonchev–Trinajstić information content (AvgIpc) is 2.68. The fourth-order valence-electron chi connectivity index (χ4n) is 2.98. The summed E-state index contributed by atoms with van der Waals surface area (Å²) in [4.78, 5) is 14.2. The number of amides is 1. The molecule has 2 aromatic rings. The number of piperazine rings is 1. The number of rotatable bonds is 6. The summed E-state index contributed by atoms with van der Waals surface area (Å²) >= 11 is 6.04. The number of hydrogen-bond donors (Lipinski definition) is 1. The quantitative estimate of drug-likeness (QED) is 0.794. The second-order valence-electron chi connectivity index (χ2n) is 6.37. The Kier molecular flexibility index (Phi) is 6.49. The summed E-state index contributed by atoms with van der Waals surface area (Å²) in [6, 6.07) is 16.2. The molecule has 1 heterocycles. The highest BCUT2D eigenvalue weighted by molar-refractivity contribution is 7.89. The first-order chi connectivity index (χ1) is 13.0. The largest absolute Gasteiger partial charge is 0.351 e. The minimum atomic E-state index is -3.62. The molecule has 1 aliphatic rings. The van der Waals surface area contributed by atoms with E-state index in [9.17, 15) is 13.2 Å². The van der Waals surface area contributed by atoms with Gasteiger partial charge in [0.2, 0.25) is 15.9 Å². The van der Waals surface area contributed by atoms with Crippen LogP contribution in [-0.2, 0) is 21.4 Å². The normalized spacial score (nSPS) is 16.2. The van der Waals surface area contributed by atoms with Crippen molar-refractivity contribution in [2.45, 2.75) is 11.4 Å². The summed E-state index contributed by atoms with van der Waals surface area (Å²) in [5, 5.41) is 3.11. The van der Waals surface area contributed by atoms with Crippen molar-refractivity contribution in [3.8, 4) is 0 Å². The number of carbonyl (C=O) groups excluding carboxylic acids is 1. The van der Waals surface area contributed by atoms with E-state index in [1.54, 1.807) is 18.2 Å². The predicted octanol–water partition coefficient (Wildman–Crippen LogP) is 1.96. The van der Waals surface area contributed by atoms with Crippen molar-refractivity contribution >= 4 is 27.5 Å². The van der Waals surface area contributed by atoms with Gasteiger partial charge >= 0.3 is 0 Å². The second-order valence-corrected chi connectivity index (χ2v) is 8.69. The summed E-state index contributed by atoms with van der Waals surface area (Å²) in [6.07, 6.45) is 0. The molecule has 1 amide bonds. The van der Waals surface area contributed by atoms with E-state index in [1.165, 1.54) is 10.4 Å². The van der Waals surface area contributed by atoms with Crippen molar-refractivity contribution in [2.24, 2.45) is 0 Å². The van der Waals surface area contributed by atoms with E-state index in [-0.39, 0.29) is 22.4 Å². The molecule has 144 valence electrons. The Labute approximate surface area is 164 Å². The second kappa shape index (κ2) is 8.84. The van der Waals surface area contributed by atoms with Gasteiger partial charge in [-0.1, -0.05) is 54.1 Å². The first kappa shape index (κ1) is 19.8. The summed E-state index contributed by atoms with van der Waals surface area (Å²) in [5.41, 5.74) is 1.04. The van der Waals surface area contributed by atoms with E-state index >= 15 is 0 Å². The standard InChI is InChI=1S/C19H22ClN3O3S/c20-17-8-4-5-9-18(17)27(25,26)23-12-10-22(11-13-23)15-19(24)21-14-16-6-2-1-3-7-16/h1-9H,10-15H2,(H,21,24). The topological polar surface area (TPSA) is 69.7 Å². The molecule has 1 N–H and O–H groups in total. The first-order valence-corrected chi connectivity index (χ1v) is 10.6. The molecule has 1 fully saturated rings. The lowest BCUT2D eigenvalue weighted by Gasteiger charge is -2.33. The van der Waals surface area contributed by atoms with E-state index in [0.717, 1.165) is 5.56 Å². The van der Waals surface area contributed by atoms with E-state index < -0.39 is 10.0 Å². The molecule has 0 aromatic heterocycles. The molecule has 0 atom stereocenters. The lowest BCUT2D eigenvalue weighted by molar-refractivity contribution is -0.122. The maximum absolute atomic E-state index is 12.7. The molecule has 2 aromatic carbocycles. The maximum atomic E-state index is 12.7. The number of sulfonamides is 1. The van der Waals surface area contributed by atoms with Crippen LogP contribution in [0.3, 0.4) is 0 Å². The Morgan fingerprint density at radius 3 is 2.26 bits per heavy atom.